The molecule has 4 heteroatoms. The smallest absolute Gasteiger partial charge is 0.164 e. The number of hydrogen-bond donors (Lipinski definition) is 0. The van der Waals surface area contributed by atoms with E-state index in [2.05, 4.69) is 189 Å². The van der Waals surface area contributed by atoms with Gasteiger partial charge in [0.15, 0.2) is 11.6 Å². The highest BCUT2D eigenvalue weighted by atomic mass is 15.0. The largest absolute Gasteiger partial charge is 0.264 e. The standard InChI is InChI=1S/C54H40N4/c1-35-33-55-34-36(2)50(35)42-20-13-19-40(30-42)41-28-29-48-47(32-41)51-46(26-15-27-49(51)54(48,44-22-9-5-10-23-44)45-24-11-6-12-25-45)53-57-37(3)56-52(58-53)43-21-14-18-39(31-43)38-16-7-4-8-17-38/h4-34H,1-3H3. The Kier molecular flexibility index (Phi) is 8.68. The topological polar surface area (TPSA) is 51.6 Å². The zero-order valence-electron chi connectivity index (χ0n) is 32.7. The van der Waals surface area contributed by atoms with Gasteiger partial charge in [-0.15, -0.1) is 0 Å². The number of rotatable bonds is 7. The molecule has 0 saturated heterocycles. The zero-order chi connectivity index (χ0) is 39.2. The lowest BCUT2D eigenvalue weighted by molar-refractivity contribution is 0.768. The van der Waals surface area contributed by atoms with Gasteiger partial charge in [-0.1, -0.05) is 158 Å². The molecule has 0 N–H and O–H groups in total. The van der Waals surface area contributed by atoms with Crippen molar-refractivity contribution in [1.29, 1.82) is 0 Å². The van der Waals surface area contributed by atoms with Crippen LogP contribution in [0.2, 0.25) is 0 Å². The maximum Gasteiger partial charge on any atom is 0.164 e. The molecular formula is C54H40N4. The van der Waals surface area contributed by atoms with Gasteiger partial charge in [0.2, 0.25) is 0 Å². The summed E-state index contributed by atoms with van der Waals surface area (Å²) >= 11 is 0. The van der Waals surface area contributed by atoms with Crippen molar-refractivity contribution in [1.82, 2.24) is 19.9 Å². The Bertz CT molecular complexity index is 2910. The Morgan fingerprint density at radius 2 is 0.897 bits per heavy atom. The van der Waals surface area contributed by atoms with E-state index in [1.54, 1.807) is 0 Å². The van der Waals surface area contributed by atoms with E-state index in [0.29, 0.717) is 17.5 Å². The lowest BCUT2D eigenvalue weighted by Crippen LogP contribution is -2.28. The minimum Gasteiger partial charge on any atom is -0.264 e. The van der Waals surface area contributed by atoms with Crippen molar-refractivity contribution in [2.24, 2.45) is 0 Å². The highest BCUT2D eigenvalue weighted by molar-refractivity contribution is 5.96. The van der Waals surface area contributed by atoms with Crippen molar-refractivity contribution < 1.29 is 0 Å². The molecule has 4 nitrogen and oxygen atoms in total. The number of aromatic nitrogens is 4. The van der Waals surface area contributed by atoms with Crippen LogP contribution in [0.25, 0.3) is 67.3 Å². The summed E-state index contributed by atoms with van der Waals surface area (Å²) in [6.45, 7) is 6.23. The summed E-state index contributed by atoms with van der Waals surface area (Å²) in [5, 5.41) is 0. The van der Waals surface area contributed by atoms with Crippen LogP contribution >= 0.6 is 0 Å². The van der Waals surface area contributed by atoms with Gasteiger partial charge in [-0.25, -0.2) is 15.0 Å². The number of benzene rings is 7. The average molecular weight is 745 g/mol. The number of pyridine rings is 1. The van der Waals surface area contributed by atoms with E-state index in [1.807, 2.05) is 25.4 Å². The molecule has 1 aliphatic rings. The molecule has 0 amide bonds. The number of nitrogens with zero attached hydrogens (tertiary/aromatic N) is 4. The van der Waals surface area contributed by atoms with Crippen LogP contribution in [-0.2, 0) is 5.41 Å². The molecule has 0 atom stereocenters. The SMILES string of the molecule is Cc1nc(-c2cccc(-c3ccccc3)c2)nc(-c2cccc3c2-c2cc(-c4cccc(-c5c(C)cncc5C)c4)ccc2C3(c2ccccc2)c2ccccc2)n1. The molecule has 10 rings (SSSR count). The molecule has 276 valence electrons. The third kappa shape index (κ3) is 5.84. The predicted molar refractivity (Wildman–Crippen MR) is 236 cm³/mol. The Labute approximate surface area is 339 Å². The first-order valence-electron chi connectivity index (χ1n) is 19.8. The van der Waals surface area contributed by atoms with E-state index in [9.17, 15) is 0 Å². The Hall–Kier alpha value is -7.30. The zero-order valence-corrected chi connectivity index (χ0v) is 32.7. The highest BCUT2D eigenvalue weighted by Crippen LogP contribution is 2.58. The van der Waals surface area contributed by atoms with Gasteiger partial charge in [0.1, 0.15) is 5.82 Å². The lowest BCUT2D eigenvalue weighted by Gasteiger charge is -2.34. The van der Waals surface area contributed by atoms with Crippen molar-refractivity contribution in [2.75, 3.05) is 0 Å². The summed E-state index contributed by atoms with van der Waals surface area (Å²) < 4.78 is 0. The maximum atomic E-state index is 5.27. The summed E-state index contributed by atoms with van der Waals surface area (Å²) in [6.07, 6.45) is 3.90. The summed E-state index contributed by atoms with van der Waals surface area (Å²) in [4.78, 5) is 19.7. The van der Waals surface area contributed by atoms with Crippen LogP contribution in [-0.4, -0.2) is 19.9 Å². The van der Waals surface area contributed by atoms with Crippen LogP contribution in [0.3, 0.4) is 0 Å². The first kappa shape index (κ1) is 35.1. The van der Waals surface area contributed by atoms with Gasteiger partial charge in [0.25, 0.3) is 0 Å². The quantitative estimate of drug-likeness (QED) is 0.163. The molecule has 7 aromatic carbocycles. The van der Waals surface area contributed by atoms with Crippen LogP contribution in [0.1, 0.15) is 39.2 Å². The fourth-order valence-corrected chi connectivity index (χ4v) is 9.12. The molecule has 0 saturated carbocycles. The van der Waals surface area contributed by atoms with Crippen LogP contribution in [0.5, 0.6) is 0 Å². The Morgan fingerprint density at radius 1 is 0.362 bits per heavy atom. The Morgan fingerprint density at radius 3 is 1.59 bits per heavy atom. The van der Waals surface area contributed by atoms with Crippen molar-refractivity contribution in [3.63, 3.8) is 0 Å². The summed E-state index contributed by atoms with van der Waals surface area (Å²) in [5.74, 6) is 1.98. The molecule has 0 aliphatic heterocycles. The van der Waals surface area contributed by atoms with E-state index < -0.39 is 5.41 Å². The van der Waals surface area contributed by atoms with E-state index in [1.165, 1.54) is 50.1 Å². The molecule has 2 aromatic heterocycles. The van der Waals surface area contributed by atoms with Crippen LogP contribution in [0.4, 0.5) is 0 Å². The number of hydrogen-bond acceptors (Lipinski definition) is 4. The first-order chi connectivity index (χ1) is 28.5. The molecule has 0 unspecified atom stereocenters. The van der Waals surface area contributed by atoms with Crippen molar-refractivity contribution in [2.45, 2.75) is 26.2 Å². The van der Waals surface area contributed by atoms with Gasteiger partial charge in [0.05, 0.1) is 5.41 Å². The van der Waals surface area contributed by atoms with Gasteiger partial charge in [0, 0.05) is 23.5 Å². The molecule has 0 radical (unpaired) electrons. The van der Waals surface area contributed by atoms with Crippen molar-refractivity contribution >= 4 is 0 Å². The molecule has 2 heterocycles. The van der Waals surface area contributed by atoms with E-state index in [0.717, 1.165) is 38.9 Å². The first-order valence-corrected chi connectivity index (χ1v) is 19.8. The molecule has 1 aliphatic carbocycles. The minimum absolute atomic E-state index is 0.580. The van der Waals surface area contributed by atoms with Crippen LogP contribution < -0.4 is 0 Å². The Balaban J connectivity index is 1.21. The molecule has 0 bridgehead atoms. The fourth-order valence-electron chi connectivity index (χ4n) is 9.12. The molecular weight excluding hydrogens is 705 g/mol. The lowest BCUT2D eigenvalue weighted by atomic mass is 9.67. The van der Waals surface area contributed by atoms with E-state index in [-0.39, 0.29) is 0 Å². The van der Waals surface area contributed by atoms with Gasteiger partial charge < -0.3 is 0 Å². The summed E-state index contributed by atoms with van der Waals surface area (Å²) in [6, 6.07) is 63.3. The monoisotopic (exact) mass is 744 g/mol. The summed E-state index contributed by atoms with van der Waals surface area (Å²) in [5.41, 5.74) is 17.8. The van der Waals surface area contributed by atoms with Crippen LogP contribution in [0.15, 0.2) is 188 Å². The molecule has 0 fully saturated rings. The maximum absolute atomic E-state index is 5.27. The van der Waals surface area contributed by atoms with Gasteiger partial charge in [-0.05, 0) is 117 Å². The molecule has 9 aromatic rings. The summed E-state index contributed by atoms with van der Waals surface area (Å²) in [7, 11) is 0. The van der Waals surface area contributed by atoms with E-state index >= 15 is 0 Å². The van der Waals surface area contributed by atoms with Gasteiger partial charge >= 0.3 is 0 Å². The minimum atomic E-state index is -0.580. The fraction of sp³-hybridized carbons (Fsp3) is 0.0741. The third-order valence-corrected chi connectivity index (χ3v) is 11.6. The molecule has 0 spiro atoms. The van der Waals surface area contributed by atoms with E-state index in [4.69, 9.17) is 15.0 Å². The highest BCUT2D eigenvalue weighted by Gasteiger charge is 2.47. The number of aryl methyl sites for hydroxylation is 3. The van der Waals surface area contributed by atoms with Crippen molar-refractivity contribution in [3.05, 3.63) is 228 Å². The second-order valence-electron chi connectivity index (χ2n) is 15.2. The van der Waals surface area contributed by atoms with Gasteiger partial charge in [-0.3, -0.25) is 4.98 Å². The normalized spacial score (nSPS) is 12.5. The third-order valence-electron chi connectivity index (χ3n) is 11.6. The average Bonchev–Trinajstić information content (AvgIpc) is 3.58. The van der Waals surface area contributed by atoms with Gasteiger partial charge in [-0.2, -0.15) is 0 Å². The predicted octanol–water partition coefficient (Wildman–Crippen LogP) is 12.9. The number of fused-ring (bicyclic) bond motifs is 3. The second-order valence-corrected chi connectivity index (χ2v) is 15.2. The second kappa shape index (κ2) is 14.3. The van der Waals surface area contributed by atoms with Crippen LogP contribution in [0, 0.1) is 20.8 Å². The molecule has 58 heavy (non-hydrogen) atoms. The van der Waals surface area contributed by atoms with Crippen molar-refractivity contribution in [3.8, 4) is 67.3 Å².